The molecule has 3 heterocycles. The highest BCUT2D eigenvalue weighted by atomic mass is 32.2. The third-order valence-corrected chi connectivity index (χ3v) is 14.7. The minimum Gasteiger partial charge on any atom is -0.456 e. The fraction of sp³-hybridized carbons (Fsp3) is 0.844. The van der Waals surface area contributed by atoms with Crippen molar-refractivity contribution in [1.29, 1.82) is 0 Å². The zero-order valence-electron chi connectivity index (χ0n) is 37.7. The van der Waals surface area contributed by atoms with E-state index < -0.39 is 100 Å². The van der Waals surface area contributed by atoms with Crippen LogP contribution in [-0.4, -0.2) is 147 Å². The molecule has 4 rings (SSSR count). The maximum absolute atomic E-state index is 14.5. The largest absolute Gasteiger partial charge is 0.456 e. The highest BCUT2D eigenvalue weighted by Crippen LogP contribution is 2.40. The molecule has 15 heteroatoms. The minimum absolute atomic E-state index is 0.0119. The molecule has 1 aliphatic carbocycles. The van der Waals surface area contributed by atoms with Crippen LogP contribution >= 0.6 is 0 Å². The van der Waals surface area contributed by atoms with Crippen LogP contribution in [0.1, 0.15) is 112 Å². The van der Waals surface area contributed by atoms with E-state index in [-0.39, 0.29) is 49.5 Å². The normalized spacial score (nSPS) is 41.7. The molecule has 0 radical (unpaired) electrons. The van der Waals surface area contributed by atoms with Gasteiger partial charge in [0.2, 0.25) is 5.79 Å². The Morgan fingerprint density at radius 1 is 0.950 bits per heavy atom. The smallest absolute Gasteiger partial charge is 0.329 e. The maximum atomic E-state index is 14.5. The summed E-state index contributed by atoms with van der Waals surface area (Å²) in [6.45, 7) is 11.2. The lowest BCUT2D eigenvalue weighted by molar-refractivity contribution is -0.302. The van der Waals surface area contributed by atoms with Crippen LogP contribution in [0, 0.1) is 29.6 Å². The molecule has 4 N–H and O–H groups in total. The van der Waals surface area contributed by atoms with Gasteiger partial charge in [-0.15, -0.1) is 0 Å². The Morgan fingerprint density at radius 2 is 1.60 bits per heavy atom. The van der Waals surface area contributed by atoms with Gasteiger partial charge in [-0.05, 0) is 95.5 Å². The van der Waals surface area contributed by atoms with Crippen LogP contribution < -0.4 is 0 Å². The Bertz CT molecular complexity index is 1560. The van der Waals surface area contributed by atoms with E-state index in [1.54, 1.807) is 21.0 Å². The Morgan fingerprint density at radius 3 is 2.22 bits per heavy atom. The molecule has 0 aromatic rings. The Kier molecular flexibility index (Phi) is 18.6. The number of methoxy groups -OCH3 is 3. The molecule has 0 spiro atoms. The number of allylic oxidation sites excluding steroid dienone is 2. The lowest BCUT2D eigenvalue weighted by atomic mass is 9.77. The molecule has 4 aliphatic rings. The lowest BCUT2D eigenvalue weighted by Crippen LogP contribution is -2.64. The average molecular weight is 870 g/mol. The number of ether oxygens (including phenoxy) is 5. The van der Waals surface area contributed by atoms with Crippen molar-refractivity contribution in [3.63, 3.8) is 0 Å². The first kappa shape index (κ1) is 50.6. The van der Waals surface area contributed by atoms with Gasteiger partial charge in [-0.25, -0.2) is 4.79 Å². The van der Waals surface area contributed by atoms with Gasteiger partial charge in [0.1, 0.15) is 18.2 Å². The van der Waals surface area contributed by atoms with Crippen molar-refractivity contribution in [2.24, 2.45) is 29.6 Å². The molecule has 16 atom stereocenters. The molecule has 1 saturated carbocycles. The number of amides is 1. The number of hydrogen-bond donors (Lipinski definition) is 4. The Hall–Kier alpha value is -2.08. The summed E-state index contributed by atoms with van der Waals surface area (Å²) in [5.74, 6) is -7.76. The van der Waals surface area contributed by atoms with Crippen LogP contribution in [0.15, 0.2) is 23.3 Å². The van der Waals surface area contributed by atoms with Crippen molar-refractivity contribution in [1.82, 2.24) is 4.90 Å². The molecule has 0 aromatic heterocycles. The molecule has 16 unspecified atom stereocenters. The first-order valence-corrected chi connectivity index (χ1v) is 23.7. The molecule has 344 valence electrons. The van der Waals surface area contributed by atoms with Crippen LogP contribution in [0.25, 0.3) is 0 Å². The zero-order valence-corrected chi connectivity index (χ0v) is 38.5. The lowest BCUT2D eigenvalue weighted by Gasteiger charge is -2.47. The summed E-state index contributed by atoms with van der Waals surface area (Å²) in [5.41, 5.74) is 0.0118. The van der Waals surface area contributed by atoms with E-state index in [1.807, 2.05) is 39.8 Å². The molecule has 3 aliphatic heterocycles. The molecule has 60 heavy (non-hydrogen) atoms. The van der Waals surface area contributed by atoms with Crippen molar-refractivity contribution in [2.75, 3.05) is 39.9 Å². The number of nitrogens with zero attached hydrogens (tertiary/aromatic N) is 1. The Balaban J connectivity index is 1.84. The average Bonchev–Trinajstić information content (AvgIpc) is 3.20. The molecule has 3 fully saturated rings. The van der Waals surface area contributed by atoms with Crippen LogP contribution in [0.2, 0.25) is 0 Å². The maximum Gasteiger partial charge on any atom is 0.329 e. The fourth-order valence-electron chi connectivity index (χ4n) is 10.3. The van der Waals surface area contributed by atoms with Gasteiger partial charge in [0.15, 0.2) is 0 Å². The molecule has 14 nitrogen and oxygen atoms in total. The highest BCUT2D eigenvalue weighted by Gasteiger charge is 2.56. The molecular formula is C45H75NO13S. The van der Waals surface area contributed by atoms with Gasteiger partial charge in [-0.2, -0.15) is 0 Å². The molecule has 0 aromatic carbocycles. The summed E-state index contributed by atoms with van der Waals surface area (Å²) >= 11 is 0. The minimum atomic E-state index is -2.52. The Labute approximate surface area is 360 Å². The second kappa shape index (κ2) is 22.0. The number of cyclic esters (lactones) is 1. The van der Waals surface area contributed by atoms with Crippen LogP contribution in [0.4, 0.5) is 0 Å². The van der Waals surface area contributed by atoms with Gasteiger partial charge in [0, 0.05) is 69.1 Å². The first-order valence-electron chi connectivity index (χ1n) is 22.0. The third kappa shape index (κ3) is 11.9. The molecule has 2 saturated heterocycles. The summed E-state index contributed by atoms with van der Waals surface area (Å²) < 4.78 is 42.8. The van der Waals surface area contributed by atoms with Crippen molar-refractivity contribution < 1.29 is 62.7 Å². The van der Waals surface area contributed by atoms with E-state index in [0.717, 1.165) is 5.57 Å². The third-order valence-electron chi connectivity index (χ3n) is 13.8. The monoisotopic (exact) mass is 869 g/mol. The predicted molar refractivity (Wildman–Crippen MR) is 227 cm³/mol. The molecular weight excluding hydrogens is 795 g/mol. The van der Waals surface area contributed by atoms with Crippen molar-refractivity contribution in [2.45, 2.75) is 172 Å². The number of rotatable bonds is 8. The summed E-state index contributed by atoms with van der Waals surface area (Å²) in [4.78, 5) is 44.2. The number of ketones is 1. The van der Waals surface area contributed by atoms with E-state index >= 15 is 0 Å². The van der Waals surface area contributed by atoms with Crippen molar-refractivity contribution in [3.8, 4) is 0 Å². The number of carbonyl (C=O) groups is 3. The summed E-state index contributed by atoms with van der Waals surface area (Å²) in [6.07, 6.45) is 4.72. The van der Waals surface area contributed by atoms with Crippen LogP contribution in [0.5, 0.6) is 0 Å². The number of carbonyl (C=O) groups excluding carboxylic acids is 3. The van der Waals surface area contributed by atoms with Gasteiger partial charge in [-0.3, -0.25) is 13.8 Å². The van der Waals surface area contributed by atoms with E-state index in [4.69, 9.17) is 23.7 Å². The van der Waals surface area contributed by atoms with E-state index in [2.05, 4.69) is 0 Å². The highest BCUT2D eigenvalue weighted by molar-refractivity contribution is 7.84. The van der Waals surface area contributed by atoms with Crippen LogP contribution in [-0.2, 0) is 48.9 Å². The number of hydrogen-bond acceptors (Lipinski definition) is 13. The number of aliphatic hydroxyl groups excluding tert-OH is 2. The number of esters is 1. The van der Waals surface area contributed by atoms with Gasteiger partial charge in [-0.1, -0.05) is 45.4 Å². The van der Waals surface area contributed by atoms with E-state index in [9.17, 15) is 39.0 Å². The van der Waals surface area contributed by atoms with Crippen molar-refractivity contribution in [3.05, 3.63) is 23.3 Å². The SMILES string of the molecule is CCC1C=C(C)CC(C)CC(OC)C2OC(O)(C(=O)C(=O)N3CCCCC3C(=O)OC(C(C)=CC3CCC(O)C(OC)C3)C(C)C(O)CC1(O)CS(C)=O)C(C)CC2OC. The molecule has 1 amide bonds. The predicted octanol–water partition coefficient (Wildman–Crippen LogP) is 4.01. The number of Topliss-reactive ketones (excluding diaryl/α,β-unsaturated/α-hetero) is 1. The second-order valence-electron chi connectivity index (χ2n) is 18.5. The quantitative estimate of drug-likeness (QED) is 0.155. The summed E-state index contributed by atoms with van der Waals surface area (Å²) in [6, 6.07) is -1.17. The van der Waals surface area contributed by atoms with Gasteiger partial charge >= 0.3 is 5.97 Å². The number of aliphatic hydroxyl groups is 4. The fourth-order valence-corrected chi connectivity index (χ4v) is 11.3. The van der Waals surface area contributed by atoms with E-state index in [1.165, 1.54) is 25.4 Å². The van der Waals surface area contributed by atoms with Gasteiger partial charge < -0.3 is 49.0 Å². The van der Waals surface area contributed by atoms with Gasteiger partial charge in [0.25, 0.3) is 11.7 Å². The second-order valence-corrected chi connectivity index (χ2v) is 19.9. The van der Waals surface area contributed by atoms with E-state index in [0.29, 0.717) is 56.9 Å². The standard InChI is InChI=1S/C45H75NO13S/c1-11-32-19-26(2)18-27(3)20-37(56-8)40-38(57-9)22-29(5)45(53,59-40)41(49)42(50)46-17-13-12-14-33(46)43(51)58-39(30(6)35(48)24-44(32,52)25-60(10)54)28(4)21-31-15-16-34(47)36(23-31)55-7/h19,21,27,29-40,47-48,52-53H,11-18,20,22-25H2,1-10H3. The summed E-state index contributed by atoms with van der Waals surface area (Å²) in [7, 11) is 3.17. The van der Waals surface area contributed by atoms with Gasteiger partial charge in [0.05, 0.1) is 41.9 Å². The zero-order chi connectivity index (χ0) is 44.7. The molecule has 2 bridgehead atoms. The van der Waals surface area contributed by atoms with Crippen molar-refractivity contribution >= 4 is 28.5 Å². The van der Waals surface area contributed by atoms with Crippen LogP contribution in [0.3, 0.4) is 0 Å². The summed E-state index contributed by atoms with van der Waals surface area (Å²) in [5, 5.41) is 47.1. The first-order chi connectivity index (χ1) is 28.2. The number of piperidine rings is 1. The number of fused-ring (bicyclic) bond motifs is 3. The topological polar surface area (TPSA) is 199 Å².